The van der Waals surface area contributed by atoms with Gasteiger partial charge in [-0.2, -0.15) is 4.39 Å². The monoisotopic (exact) mass is 337 g/mol. The van der Waals surface area contributed by atoms with Crippen LogP contribution in [0.25, 0.3) is 11.3 Å². The first kappa shape index (κ1) is 15.5. The summed E-state index contributed by atoms with van der Waals surface area (Å²) in [6.07, 6.45) is 4.06. The summed E-state index contributed by atoms with van der Waals surface area (Å²) in [6, 6.07) is 14.0. The van der Waals surface area contributed by atoms with E-state index in [-0.39, 0.29) is 0 Å². The zero-order chi connectivity index (χ0) is 17.4. The van der Waals surface area contributed by atoms with Crippen LogP contribution in [-0.2, 0) is 6.54 Å². The van der Waals surface area contributed by atoms with E-state index in [0.29, 0.717) is 18.0 Å². The van der Waals surface area contributed by atoms with E-state index in [0.717, 1.165) is 29.8 Å². The molecule has 0 amide bonds. The molecule has 0 spiro atoms. The Hall–Kier alpha value is -3.02. The minimum absolute atomic E-state index is 0.416. The third-order valence-electron chi connectivity index (χ3n) is 4.44. The van der Waals surface area contributed by atoms with Gasteiger partial charge >= 0.3 is 5.69 Å². The van der Waals surface area contributed by atoms with Crippen LogP contribution in [0.3, 0.4) is 0 Å². The average Bonchev–Trinajstić information content (AvgIpc) is 3.36. The number of nitro benzene ring substituents is 1. The molecule has 3 aromatic rings. The second-order valence-corrected chi connectivity index (χ2v) is 6.29. The summed E-state index contributed by atoms with van der Waals surface area (Å²) in [5.41, 5.74) is 3.36. The maximum absolute atomic E-state index is 13.9. The number of nitrogens with zero attached hydrogens (tertiary/aromatic N) is 3. The van der Waals surface area contributed by atoms with Crippen LogP contribution >= 0.6 is 0 Å². The molecule has 0 aliphatic heterocycles. The highest BCUT2D eigenvalue weighted by Crippen LogP contribution is 2.43. The van der Waals surface area contributed by atoms with Gasteiger partial charge in [0.05, 0.1) is 22.6 Å². The molecular weight excluding hydrogens is 321 g/mol. The van der Waals surface area contributed by atoms with Crippen LogP contribution in [0, 0.1) is 15.9 Å². The number of imidazole rings is 1. The number of halogens is 1. The van der Waals surface area contributed by atoms with Crippen LogP contribution in [0.5, 0.6) is 0 Å². The normalized spacial score (nSPS) is 13.8. The molecule has 0 saturated heterocycles. The van der Waals surface area contributed by atoms with Crippen LogP contribution in [-0.4, -0.2) is 14.5 Å². The molecule has 5 nitrogen and oxygen atoms in total. The number of rotatable bonds is 5. The lowest BCUT2D eigenvalue weighted by Gasteiger charge is -2.11. The van der Waals surface area contributed by atoms with Gasteiger partial charge in [-0.1, -0.05) is 36.4 Å². The number of hydrogen-bond acceptors (Lipinski definition) is 3. The zero-order valence-corrected chi connectivity index (χ0v) is 13.4. The Morgan fingerprint density at radius 3 is 2.60 bits per heavy atom. The molecule has 1 fully saturated rings. The van der Waals surface area contributed by atoms with E-state index >= 15 is 0 Å². The molecule has 1 saturated carbocycles. The van der Waals surface area contributed by atoms with E-state index in [1.807, 2.05) is 34.9 Å². The second-order valence-electron chi connectivity index (χ2n) is 6.29. The standard InChI is InChI=1S/C19H16FN3O2/c20-16-10-13(6-9-17(16)23(24)25)11-22-12-21-18(14-7-8-14)19(22)15-4-2-1-3-5-15/h1-6,9-10,12,14H,7-8,11H2. The SMILES string of the molecule is O=[N+]([O-])c1ccc(Cn2cnc(C3CC3)c2-c2ccccc2)cc1F. The van der Waals surface area contributed by atoms with Gasteiger partial charge in [-0.05, 0) is 24.5 Å². The molecule has 126 valence electrons. The number of aromatic nitrogens is 2. The summed E-state index contributed by atoms with van der Waals surface area (Å²) >= 11 is 0. The van der Waals surface area contributed by atoms with Crippen molar-refractivity contribution < 1.29 is 9.31 Å². The Morgan fingerprint density at radius 1 is 1.20 bits per heavy atom. The number of benzene rings is 2. The van der Waals surface area contributed by atoms with Gasteiger partial charge in [-0.15, -0.1) is 0 Å². The van der Waals surface area contributed by atoms with Crippen LogP contribution in [0.4, 0.5) is 10.1 Å². The first-order chi connectivity index (χ1) is 12.1. The quantitative estimate of drug-likeness (QED) is 0.508. The lowest BCUT2D eigenvalue weighted by Crippen LogP contribution is -2.03. The predicted molar refractivity (Wildman–Crippen MR) is 91.8 cm³/mol. The highest BCUT2D eigenvalue weighted by Gasteiger charge is 2.30. The van der Waals surface area contributed by atoms with Crippen molar-refractivity contribution in [2.45, 2.75) is 25.3 Å². The molecule has 6 heteroatoms. The smallest absolute Gasteiger partial charge is 0.304 e. The van der Waals surface area contributed by atoms with E-state index in [1.165, 1.54) is 12.1 Å². The lowest BCUT2D eigenvalue weighted by atomic mass is 10.1. The van der Waals surface area contributed by atoms with Gasteiger partial charge < -0.3 is 4.57 Å². The third kappa shape index (κ3) is 3.03. The molecule has 0 N–H and O–H groups in total. The van der Waals surface area contributed by atoms with Crippen molar-refractivity contribution in [3.63, 3.8) is 0 Å². The summed E-state index contributed by atoms with van der Waals surface area (Å²) in [7, 11) is 0. The molecule has 4 rings (SSSR count). The summed E-state index contributed by atoms with van der Waals surface area (Å²) < 4.78 is 15.9. The molecule has 25 heavy (non-hydrogen) atoms. The molecule has 0 atom stereocenters. The topological polar surface area (TPSA) is 61.0 Å². The Morgan fingerprint density at radius 2 is 1.96 bits per heavy atom. The van der Waals surface area contributed by atoms with Gasteiger partial charge in [0.1, 0.15) is 0 Å². The molecule has 0 radical (unpaired) electrons. The highest BCUT2D eigenvalue weighted by molar-refractivity contribution is 5.64. The molecule has 1 aliphatic rings. The fraction of sp³-hybridized carbons (Fsp3) is 0.211. The van der Waals surface area contributed by atoms with Gasteiger partial charge in [0, 0.05) is 24.1 Å². The maximum Gasteiger partial charge on any atom is 0.304 e. The molecule has 1 heterocycles. The van der Waals surface area contributed by atoms with Gasteiger partial charge in [0.15, 0.2) is 0 Å². The predicted octanol–water partition coefficient (Wildman–Crippen LogP) is 4.52. The highest BCUT2D eigenvalue weighted by atomic mass is 19.1. The van der Waals surface area contributed by atoms with E-state index < -0.39 is 16.4 Å². The van der Waals surface area contributed by atoms with Gasteiger partial charge in [-0.25, -0.2) is 4.98 Å². The van der Waals surface area contributed by atoms with Crippen LogP contribution in [0.15, 0.2) is 54.9 Å². The van der Waals surface area contributed by atoms with Gasteiger partial charge in [0.25, 0.3) is 0 Å². The first-order valence-corrected chi connectivity index (χ1v) is 8.17. The lowest BCUT2D eigenvalue weighted by molar-refractivity contribution is -0.387. The Kier molecular flexibility index (Phi) is 3.80. The summed E-state index contributed by atoms with van der Waals surface area (Å²) in [6.45, 7) is 0.416. The van der Waals surface area contributed by atoms with E-state index in [9.17, 15) is 14.5 Å². The van der Waals surface area contributed by atoms with Crippen molar-refractivity contribution in [3.8, 4) is 11.3 Å². The van der Waals surface area contributed by atoms with Crippen molar-refractivity contribution in [1.29, 1.82) is 0 Å². The minimum Gasteiger partial charge on any atom is -0.326 e. The maximum atomic E-state index is 13.9. The van der Waals surface area contributed by atoms with Crippen LogP contribution in [0.1, 0.15) is 30.0 Å². The Labute approximate surface area is 143 Å². The molecule has 1 aromatic heterocycles. The third-order valence-corrected chi connectivity index (χ3v) is 4.44. The fourth-order valence-electron chi connectivity index (χ4n) is 3.08. The Balaban J connectivity index is 1.72. The van der Waals surface area contributed by atoms with Crippen molar-refractivity contribution >= 4 is 5.69 Å². The van der Waals surface area contributed by atoms with E-state index in [2.05, 4.69) is 4.98 Å². The minimum atomic E-state index is -0.814. The molecular formula is C19H16FN3O2. The summed E-state index contributed by atoms with van der Waals surface area (Å²) in [4.78, 5) is 14.6. The zero-order valence-electron chi connectivity index (χ0n) is 13.4. The summed E-state index contributed by atoms with van der Waals surface area (Å²) in [5, 5.41) is 10.8. The molecule has 0 bridgehead atoms. The number of hydrogen-bond donors (Lipinski definition) is 0. The van der Waals surface area contributed by atoms with Crippen molar-refractivity contribution in [2.75, 3.05) is 0 Å². The van der Waals surface area contributed by atoms with Crippen molar-refractivity contribution in [2.24, 2.45) is 0 Å². The summed E-state index contributed by atoms with van der Waals surface area (Å²) in [5.74, 6) is -0.323. The van der Waals surface area contributed by atoms with E-state index in [4.69, 9.17) is 0 Å². The molecule has 1 aliphatic carbocycles. The first-order valence-electron chi connectivity index (χ1n) is 8.17. The largest absolute Gasteiger partial charge is 0.326 e. The fourth-order valence-corrected chi connectivity index (χ4v) is 3.08. The average molecular weight is 337 g/mol. The molecule has 2 aromatic carbocycles. The van der Waals surface area contributed by atoms with Gasteiger partial charge in [0.2, 0.25) is 5.82 Å². The second kappa shape index (κ2) is 6.12. The van der Waals surface area contributed by atoms with Crippen LogP contribution in [0.2, 0.25) is 0 Å². The van der Waals surface area contributed by atoms with Crippen molar-refractivity contribution in [3.05, 3.63) is 82.0 Å². The number of nitro groups is 1. The van der Waals surface area contributed by atoms with Crippen molar-refractivity contribution in [1.82, 2.24) is 9.55 Å². The van der Waals surface area contributed by atoms with E-state index in [1.54, 1.807) is 12.4 Å². The molecule has 0 unspecified atom stereocenters. The van der Waals surface area contributed by atoms with Crippen LogP contribution < -0.4 is 0 Å². The van der Waals surface area contributed by atoms with Gasteiger partial charge in [-0.3, -0.25) is 10.1 Å². The Bertz CT molecular complexity index is 933.